The van der Waals surface area contributed by atoms with Crippen molar-refractivity contribution in [2.24, 2.45) is 5.92 Å². The molecule has 20 heavy (non-hydrogen) atoms. The molecule has 110 valence electrons. The normalized spacial score (nSPS) is 11.9. The number of carboxylic acids is 1. The SMILES string of the molecule is CCCCC(CCC)C(=O)Nc1cccc(C(=O)O)c1. The van der Waals surface area contributed by atoms with Gasteiger partial charge in [-0.05, 0) is 31.0 Å². The van der Waals surface area contributed by atoms with Crippen molar-refractivity contribution in [2.45, 2.75) is 46.0 Å². The van der Waals surface area contributed by atoms with Crippen LogP contribution in [0, 0.1) is 5.92 Å². The number of aromatic carboxylic acids is 1. The summed E-state index contributed by atoms with van der Waals surface area (Å²) in [6, 6.07) is 6.36. The Bertz CT molecular complexity index is 457. The second-order valence-electron chi connectivity index (χ2n) is 5.00. The molecular weight excluding hydrogens is 254 g/mol. The number of hydrogen-bond acceptors (Lipinski definition) is 2. The van der Waals surface area contributed by atoms with Crippen LogP contribution in [0.15, 0.2) is 24.3 Å². The van der Waals surface area contributed by atoms with E-state index in [9.17, 15) is 9.59 Å². The van der Waals surface area contributed by atoms with Crippen LogP contribution < -0.4 is 5.32 Å². The Balaban J connectivity index is 2.71. The molecule has 4 heteroatoms. The van der Waals surface area contributed by atoms with Crippen molar-refractivity contribution in [3.05, 3.63) is 29.8 Å². The van der Waals surface area contributed by atoms with Gasteiger partial charge >= 0.3 is 5.97 Å². The summed E-state index contributed by atoms with van der Waals surface area (Å²) >= 11 is 0. The van der Waals surface area contributed by atoms with E-state index in [0.717, 1.165) is 32.1 Å². The number of carbonyl (C=O) groups excluding carboxylic acids is 1. The first-order chi connectivity index (χ1) is 9.58. The van der Waals surface area contributed by atoms with E-state index < -0.39 is 5.97 Å². The van der Waals surface area contributed by atoms with Crippen molar-refractivity contribution in [2.75, 3.05) is 5.32 Å². The van der Waals surface area contributed by atoms with Crippen LogP contribution in [0.2, 0.25) is 0 Å². The number of carbonyl (C=O) groups is 2. The van der Waals surface area contributed by atoms with Crippen LogP contribution in [-0.2, 0) is 4.79 Å². The standard InChI is InChI=1S/C16H23NO3/c1-3-5-8-12(7-4-2)15(18)17-14-10-6-9-13(11-14)16(19)20/h6,9-12H,3-5,7-8H2,1-2H3,(H,17,18)(H,19,20). The molecule has 0 saturated heterocycles. The van der Waals surface area contributed by atoms with E-state index in [0.29, 0.717) is 5.69 Å². The zero-order chi connectivity index (χ0) is 15.0. The van der Waals surface area contributed by atoms with Gasteiger partial charge in [-0.3, -0.25) is 4.79 Å². The maximum absolute atomic E-state index is 12.2. The highest BCUT2D eigenvalue weighted by Crippen LogP contribution is 2.18. The topological polar surface area (TPSA) is 66.4 Å². The van der Waals surface area contributed by atoms with Gasteiger partial charge in [-0.1, -0.05) is 39.2 Å². The molecule has 0 saturated carbocycles. The molecule has 4 nitrogen and oxygen atoms in total. The van der Waals surface area contributed by atoms with Crippen LogP contribution in [0.5, 0.6) is 0 Å². The number of anilines is 1. The molecule has 0 aliphatic heterocycles. The van der Waals surface area contributed by atoms with Crippen molar-refractivity contribution in [3.8, 4) is 0 Å². The molecule has 0 aliphatic rings. The number of unbranched alkanes of at least 4 members (excludes halogenated alkanes) is 1. The third-order valence-electron chi connectivity index (χ3n) is 3.29. The summed E-state index contributed by atoms with van der Waals surface area (Å²) in [4.78, 5) is 23.1. The summed E-state index contributed by atoms with van der Waals surface area (Å²) in [6.45, 7) is 4.18. The van der Waals surface area contributed by atoms with E-state index in [2.05, 4.69) is 19.2 Å². The molecular formula is C16H23NO3. The number of carboxylic acid groups (broad SMARTS) is 1. The van der Waals surface area contributed by atoms with Crippen molar-refractivity contribution in [1.29, 1.82) is 0 Å². The fraction of sp³-hybridized carbons (Fsp3) is 0.500. The summed E-state index contributed by atoms with van der Waals surface area (Å²) in [5, 5.41) is 11.8. The zero-order valence-corrected chi connectivity index (χ0v) is 12.2. The van der Waals surface area contributed by atoms with Crippen LogP contribution in [0.3, 0.4) is 0 Å². The van der Waals surface area contributed by atoms with E-state index in [4.69, 9.17) is 5.11 Å². The molecule has 0 radical (unpaired) electrons. The number of hydrogen-bond donors (Lipinski definition) is 2. The van der Waals surface area contributed by atoms with Gasteiger partial charge in [-0.15, -0.1) is 0 Å². The molecule has 1 aromatic carbocycles. The first-order valence-corrected chi connectivity index (χ1v) is 7.22. The van der Waals surface area contributed by atoms with Gasteiger partial charge in [0.05, 0.1) is 5.56 Å². The highest BCUT2D eigenvalue weighted by atomic mass is 16.4. The molecule has 0 aromatic heterocycles. The van der Waals surface area contributed by atoms with E-state index in [-0.39, 0.29) is 17.4 Å². The van der Waals surface area contributed by atoms with Crippen LogP contribution in [-0.4, -0.2) is 17.0 Å². The fourth-order valence-corrected chi connectivity index (χ4v) is 2.18. The third-order valence-corrected chi connectivity index (χ3v) is 3.29. The van der Waals surface area contributed by atoms with Gasteiger partial charge in [0, 0.05) is 11.6 Å². The van der Waals surface area contributed by atoms with Gasteiger partial charge in [0.1, 0.15) is 0 Å². The van der Waals surface area contributed by atoms with Crippen LogP contribution in [0.1, 0.15) is 56.3 Å². The fourth-order valence-electron chi connectivity index (χ4n) is 2.18. The molecule has 0 fully saturated rings. The molecule has 1 aromatic rings. The average Bonchev–Trinajstić information content (AvgIpc) is 2.43. The molecule has 2 N–H and O–H groups in total. The molecule has 0 aliphatic carbocycles. The Morgan fingerprint density at radius 2 is 1.95 bits per heavy atom. The van der Waals surface area contributed by atoms with Crippen molar-refractivity contribution in [1.82, 2.24) is 0 Å². The minimum absolute atomic E-state index is 0.00781. The lowest BCUT2D eigenvalue weighted by atomic mass is 9.96. The van der Waals surface area contributed by atoms with Gasteiger partial charge < -0.3 is 10.4 Å². The predicted octanol–water partition coefficient (Wildman–Crippen LogP) is 3.93. The monoisotopic (exact) mass is 277 g/mol. The quantitative estimate of drug-likeness (QED) is 0.756. The second kappa shape index (κ2) is 8.35. The van der Waals surface area contributed by atoms with Gasteiger partial charge in [0.15, 0.2) is 0 Å². The average molecular weight is 277 g/mol. The van der Waals surface area contributed by atoms with Gasteiger partial charge in [-0.25, -0.2) is 4.79 Å². The number of benzene rings is 1. The number of rotatable bonds is 8. The summed E-state index contributed by atoms with van der Waals surface area (Å²) in [5.41, 5.74) is 0.732. The van der Waals surface area contributed by atoms with Crippen molar-refractivity contribution >= 4 is 17.6 Å². The van der Waals surface area contributed by atoms with E-state index in [1.165, 1.54) is 12.1 Å². The van der Waals surface area contributed by atoms with E-state index in [1.54, 1.807) is 12.1 Å². The number of amides is 1. The van der Waals surface area contributed by atoms with Crippen molar-refractivity contribution in [3.63, 3.8) is 0 Å². The highest BCUT2D eigenvalue weighted by Gasteiger charge is 2.17. The van der Waals surface area contributed by atoms with E-state index in [1.807, 2.05) is 0 Å². The zero-order valence-electron chi connectivity index (χ0n) is 12.2. The maximum atomic E-state index is 12.2. The maximum Gasteiger partial charge on any atom is 0.335 e. The molecule has 0 spiro atoms. The lowest BCUT2D eigenvalue weighted by Gasteiger charge is -2.16. The van der Waals surface area contributed by atoms with Gasteiger partial charge in [-0.2, -0.15) is 0 Å². The number of nitrogens with one attached hydrogen (secondary N) is 1. The van der Waals surface area contributed by atoms with Gasteiger partial charge in [0.25, 0.3) is 0 Å². The Kier molecular flexibility index (Phi) is 6.77. The third kappa shape index (κ3) is 5.03. The lowest BCUT2D eigenvalue weighted by molar-refractivity contribution is -0.120. The van der Waals surface area contributed by atoms with Crippen LogP contribution >= 0.6 is 0 Å². The second-order valence-corrected chi connectivity index (χ2v) is 5.00. The largest absolute Gasteiger partial charge is 0.478 e. The molecule has 1 amide bonds. The summed E-state index contributed by atoms with van der Waals surface area (Å²) in [7, 11) is 0. The van der Waals surface area contributed by atoms with Crippen molar-refractivity contribution < 1.29 is 14.7 Å². The Labute approximate surface area is 120 Å². The van der Waals surface area contributed by atoms with Crippen LogP contribution in [0.25, 0.3) is 0 Å². The summed E-state index contributed by atoms with van der Waals surface area (Å²) in [6.07, 6.45) is 4.82. The Hall–Kier alpha value is -1.84. The predicted molar refractivity (Wildman–Crippen MR) is 80.0 cm³/mol. The minimum atomic E-state index is -0.989. The minimum Gasteiger partial charge on any atom is -0.478 e. The van der Waals surface area contributed by atoms with Crippen LogP contribution in [0.4, 0.5) is 5.69 Å². The lowest BCUT2D eigenvalue weighted by Crippen LogP contribution is -2.23. The summed E-state index contributed by atoms with van der Waals surface area (Å²) in [5.74, 6) is -0.992. The molecule has 1 atom stereocenters. The van der Waals surface area contributed by atoms with E-state index >= 15 is 0 Å². The molecule has 0 heterocycles. The Morgan fingerprint density at radius 3 is 2.55 bits per heavy atom. The molecule has 0 bridgehead atoms. The molecule has 1 rings (SSSR count). The first-order valence-electron chi connectivity index (χ1n) is 7.22. The molecule has 1 unspecified atom stereocenters. The first kappa shape index (κ1) is 16.2. The Morgan fingerprint density at radius 1 is 1.20 bits per heavy atom. The van der Waals surface area contributed by atoms with Gasteiger partial charge in [0.2, 0.25) is 5.91 Å². The summed E-state index contributed by atoms with van der Waals surface area (Å²) < 4.78 is 0. The smallest absolute Gasteiger partial charge is 0.335 e. The highest BCUT2D eigenvalue weighted by molar-refractivity contribution is 5.94.